The first-order valence-corrected chi connectivity index (χ1v) is 10.4. The summed E-state index contributed by atoms with van der Waals surface area (Å²) in [4.78, 5) is 0.822. The lowest BCUT2D eigenvalue weighted by atomic mass is 10.2. The number of aryl methyl sites for hydroxylation is 1. The van der Waals surface area contributed by atoms with Crippen LogP contribution in [-0.4, -0.2) is 30.0 Å². The van der Waals surface area contributed by atoms with E-state index in [1.807, 2.05) is 6.92 Å². The van der Waals surface area contributed by atoms with Gasteiger partial charge in [-0.1, -0.05) is 35.9 Å². The van der Waals surface area contributed by atoms with Crippen molar-refractivity contribution in [1.82, 2.24) is 4.31 Å². The zero-order chi connectivity index (χ0) is 18.0. The van der Waals surface area contributed by atoms with Crippen molar-refractivity contribution in [3.63, 3.8) is 0 Å². The number of nitrogens with zero attached hydrogens (tertiary/aromatic N) is 1. The second kappa shape index (κ2) is 7.19. The third kappa shape index (κ3) is 3.73. The first-order chi connectivity index (χ1) is 11.9. The van der Waals surface area contributed by atoms with E-state index in [2.05, 4.69) is 0 Å². The lowest BCUT2D eigenvalue weighted by molar-refractivity contribution is 0.385. The number of benzene rings is 2. The summed E-state index contributed by atoms with van der Waals surface area (Å²) in [6, 6.07) is 15.1. The third-order valence-corrected chi connectivity index (χ3v) is 7.48. The highest BCUT2D eigenvalue weighted by atomic mass is 32.2. The quantitative estimate of drug-likeness (QED) is 0.818. The molecule has 2 aromatic carbocycles. The highest BCUT2D eigenvalue weighted by molar-refractivity contribution is 7.89. The summed E-state index contributed by atoms with van der Waals surface area (Å²) in [7, 11) is -5.37. The molecule has 1 aliphatic heterocycles. The summed E-state index contributed by atoms with van der Waals surface area (Å²) in [6.07, 6.45) is 0.110. The molecule has 0 radical (unpaired) electrons. The number of hydrogen-bond acceptors (Lipinski definition) is 3. The number of sulfonamides is 1. The van der Waals surface area contributed by atoms with Crippen LogP contribution in [0.1, 0.15) is 12.0 Å². The molecule has 1 atom stereocenters. The number of rotatable bonds is 4. The highest BCUT2D eigenvalue weighted by Gasteiger charge is 2.31. The Hall–Kier alpha value is -1.83. The minimum absolute atomic E-state index is 0.109. The van der Waals surface area contributed by atoms with Crippen molar-refractivity contribution in [2.24, 2.45) is 0 Å². The standard InChI is InChI=1S/C18H18FNO3S2/c1-14-7-9-16(10-8-14)25(22,23)20-12-11-18(17(19)13-20)24(21)15-5-3-2-4-6-15/h2-10H,11-13H2,1H3. The van der Waals surface area contributed by atoms with E-state index in [4.69, 9.17) is 0 Å². The summed E-state index contributed by atoms with van der Waals surface area (Å²) in [6.45, 7) is 1.59. The molecule has 0 saturated heterocycles. The minimum Gasteiger partial charge on any atom is -0.249 e. The predicted molar refractivity (Wildman–Crippen MR) is 95.5 cm³/mol. The van der Waals surface area contributed by atoms with Crippen LogP contribution in [0, 0.1) is 6.92 Å². The first kappa shape index (κ1) is 18.0. The van der Waals surface area contributed by atoms with Gasteiger partial charge in [-0.05, 0) is 37.6 Å². The van der Waals surface area contributed by atoms with Crippen LogP contribution in [0.2, 0.25) is 0 Å². The fourth-order valence-electron chi connectivity index (χ4n) is 2.63. The molecule has 132 valence electrons. The van der Waals surface area contributed by atoms with E-state index in [0.29, 0.717) is 4.90 Å². The molecule has 0 bridgehead atoms. The zero-order valence-corrected chi connectivity index (χ0v) is 15.3. The monoisotopic (exact) mass is 379 g/mol. The van der Waals surface area contributed by atoms with Gasteiger partial charge >= 0.3 is 0 Å². The Bertz CT molecular complexity index is 923. The van der Waals surface area contributed by atoms with Gasteiger partial charge in [-0.25, -0.2) is 17.0 Å². The van der Waals surface area contributed by atoms with Gasteiger partial charge in [0.15, 0.2) is 0 Å². The van der Waals surface area contributed by atoms with Gasteiger partial charge in [0.2, 0.25) is 10.0 Å². The highest BCUT2D eigenvalue weighted by Crippen LogP contribution is 2.29. The van der Waals surface area contributed by atoms with Crippen molar-refractivity contribution in [1.29, 1.82) is 0 Å². The van der Waals surface area contributed by atoms with Gasteiger partial charge in [0.05, 0.1) is 27.1 Å². The molecular formula is C18H18FNO3S2. The summed E-state index contributed by atoms with van der Waals surface area (Å²) in [5.41, 5.74) is 0.948. The van der Waals surface area contributed by atoms with Crippen LogP contribution >= 0.6 is 0 Å². The lowest BCUT2D eigenvalue weighted by Crippen LogP contribution is -2.37. The molecule has 7 heteroatoms. The van der Waals surface area contributed by atoms with Crippen LogP contribution in [0.4, 0.5) is 4.39 Å². The summed E-state index contributed by atoms with van der Waals surface area (Å²) < 4.78 is 53.4. The maximum atomic E-state index is 14.5. The molecule has 0 aliphatic carbocycles. The smallest absolute Gasteiger partial charge is 0.243 e. The van der Waals surface area contributed by atoms with E-state index < -0.39 is 26.6 Å². The second-order valence-electron chi connectivity index (χ2n) is 5.81. The van der Waals surface area contributed by atoms with Crippen LogP contribution in [0.5, 0.6) is 0 Å². The molecule has 1 aliphatic rings. The summed E-state index contributed by atoms with van der Waals surface area (Å²) in [5.74, 6) is -0.635. The molecule has 0 saturated carbocycles. The Kier molecular flexibility index (Phi) is 5.17. The van der Waals surface area contributed by atoms with E-state index in [-0.39, 0.29) is 29.3 Å². The molecule has 1 heterocycles. The summed E-state index contributed by atoms with van der Waals surface area (Å²) in [5, 5.41) is 0. The minimum atomic E-state index is -3.77. The third-order valence-electron chi connectivity index (χ3n) is 4.05. The zero-order valence-electron chi connectivity index (χ0n) is 13.7. The van der Waals surface area contributed by atoms with Gasteiger partial charge in [0.1, 0.15) is 5.83 Å². The van der Waals surface area contributed by atoms with Crippen molar-refractivity contribution >= 4 is 20.8 Å². The Labute approximate surface area is 149 Å². The molecule has 0 amide bonds. The van der Waals surface area contributed by atoms with Crippen LogP contribution in [0.3, 0.4) is 0 Å². The van der Waals surface area contributed by atoms with Crippen molar-refractivity contribution < 1.29 is 17.0 Å². The SMILES string of the molecule is Cc1ccc(S(=O)(=O)N2CCC(S(=O)c3ccccc3)=C(F)C2)cc1. The fourth-order valence-corrected chi connectivity index (χ4v) is 5.25. The van der Waals surface area contributed by atoms with Crippen molar-refractivity contribution in [2.75, 3.05) is 13.1 Å². The van der Waals surface area contributed by atoms with Gasteiger partial charge in [0.25, 0.3) is 0 Å². The van der Waals surface area contributed by atoms with E-state index >= 15 is 0 Å². The Morgan fingerprint density at radius 2 is 1.68 bits per heavy atom. The lowest BCUT2D eigenvalue weighted by Gasteiger charge is -2.26. The van der Waals surface area contributed by atoms with Crippen LogP contribution < -0.4 is 0 Å². The maximum Gasteiger partial charge on any atom is 0.243 e. The average molecular weight is 379 g/mol. The normalized spacial score (nSPS) is 17.5. The molecule has 3 rings (SSSR count). The largest absolute Gasteiger partial charge is 0.249 e. The molecule has 0 aromatic heterocycles. The molecule has 2 aromatic rings. The van der Waals surface area contributed by atoms with Crippen LogP contribution in [-0.2, 0) is 20.8 Å². The van der Waals surface area contributed by atoms with Gasteiger partial charge in [-0.2, -0.15) is 4.31 Å². The van der Waals surface area contributed by atoms with Gasteiger partial charge in [-0.3, -0.25) is 0 Å². The molecule has 0 fully saturated rings. The molecule has 0 N–H and O–H groups in total. The van der Waals surface area contributed by atoms with Gasteiger partial charge in [-0.15, -0.1) is 0 Å². The molecule has 4 nitrogen and oxygen atoms in total. The van der Waals surface area contributed by atoms with Crippen molar-refractivity contribution in [3.05, 3.63) is 70.9 Å². The number of halogens is 1. The molecular weight excluding hydrogens is 361 g/mol. The Morgan fingerprint density at radius 3 is 2.28 bits per heavy atom. The van der Waals surface area contributed by atoms with Gasteiger partial charge < -0.3 is 0 Å². The maximum absolute atomic E-state index is 14.5. The van der Waals surface area contributed by atoms with Crippen LogP contribution in [0.15, 0.2) is 75.1 Å². The van der Waals surface area contributed by atoms with Gasteiger partial charge in [0, 0.05) is 11.4 Å². The molecule has 1 unspecified atom stereocenters. The molecule has 0 spiro atoms. The fraction of sp³-hybridized carbons (Fsp3) is 0.222. The van der Waals surface area contributed by atoms with Crippen molar-refractivity contribution in [2.45, 2.75) is 23.1 Å². The average Bonchev–Trinajstić information content (AvgIpc) is 2.62. The Morgan fingerprint density at radius 1 is 1.04 bits per heavy atom. The van der Waals surface area contributed by atoms with E-state index in [0.717, 1.165) is 9.87 Å². The van der Waals surface area contributed by atoms with Crippen LogP contribution in [0.25, 0.3) is 0 Å². The van der Waals surface area contributed by atoms with E-state index in [1.165, 1.54) is 12.1 Å². The molecule has 25 heavy (non-hydrogen) atoms. The first-order valence-electron chi connectivity index (χ1n) is 7.81. The summed E-state index contributed by atoms with van der Waals surface area (Å²) >= 11 is 0. The topological polar surface area (TPSA) is 54.5 Å². The second-order valence-corrected chi connectivity index (χ2v) is 9.25. The number of hydrogen-bond donors (Lipinski definition) is 0. The predicted octanol–water partition coefficient (Wildman–Crippen LogP) is 3.38. The van der Waals surface area contributed by atoms with E-state index in [1.54, 1.807) is 42.5 Å². The van der Waals surface area contributed by atoms with E-state index in [9.17, 15) is 17.0 Å². The van der Waals surface area contributed by atoms with Crippen molar-refractivity contribution in [3.8, 4) is 0 Å². The Balaban J connectivity index is 1.84.